The smallest absolute Gasteiger partial charge is 0.242 e. The molecule has 0 saturated carbocycles. The lowest BCUT2D eigenvalue weighted by Crippen LogP contribution is -2.57. The number of methoxy groups -OCH3 is 2. The van der Waals surface area contributed by atoms with Gasteiger partial charge in [-0.3, -0.25) is 4.79 Å². The highest BCUT2D eigenvalue weighted by atomic mass is 35.5. The number of hydrogen-bond acceptors (Lipinski definition) is 5. The van der Waals surface area contributed by atoms with Gasteiger partial charge in [0.05, 0.1) is 26.9 Å². The van der Waals surface area contributed by atoms with Crippen LogP contribution in [0.3, 0.4) is 0 Å². The predicted molar refractivity (Wildman–Crippen MR) is 112 cm³/mol. The zero-order valence-corrected chi connectivity index (χ0v) is 17.9. The fourth-order valence-electron chi connectivity index (χ4n) is 4.03. The van der Waals surface area contributed by atoms with Gasteiger partial charge < -0.3 is 24.4 Å². The first-order valence-corrected chi connectivity index (χ1v) is 9.96. The van der Waals surface area contributed by atoms with Crippen molar-refractivity contribution < 1.29 is 19.0 Å². The number of rotatable bonds is 6. The van der Waals surface area contributed by atoms with Crippen molar-refractivity contribution in [1.82, 2.24) is 10.2 Å². The van der Waals surface area contributed by atoms with Crippen molar-refractivity contribution >= 4 is 18.3 Å². The molecular weight excluding hydrogens is 380 g/mol. The Morgan fingerprint density at radius 1 is 1.18 bits per heavy atom. The number of carbonyl (C=O) groups is 1. The second-order valence-electron chi connectivity index (χ2n) is 7.54. The van der Waals surface area contributed by atoms with Crippen LogP contribution in [0.5, 0.6) is 11.5 Å². The lowest BCUT2D eigenvalue weighted by molar-refractivity contribution is -0.140. The Kier molecular flexibility index (Phi) is 8.86. The summed E-state index contributed by atoms with van der Waals surface area (Å²) in [5, 5.41) is 3.31. The largest absolute Gasteiger partial charge is 0.497 e. The van der Waals surface area contributed by atoms with Gasteiger partial charge in [-0.25, -0.2) is 0 Å². The van der Waals surface area contributed by atoms with E-state index in [9.17, 15) is 4.79 Å². The van der Waals surface area contributed by atoms with Gasteiger partial charge in [0.25, 0.3) is 0 Å². The van der Waals surface area contributed by atoms with E-state index in [1.54, 1.807) is 14.2 Å². The molecule has 0 aliphatic carbocycles. The molecule has 2 aliphatic heterocycles. The first-order valence-electron chi connectivity index (χ1n) is 9.96. The van der Waals surface area contributed by atoms with Crippen LogP contribution in [0.4, 0.5) is 0 Å². The van der Waals surface area contributed by atoms with Crippen LogP contribution in [0.25, 0.3) is 0 Å². The molecule has 0 unspecified atom stereocenters. The lowest BCUT2D eigenvalue weighted by atomic mass is 9.90. The summed E-state index contributed by atoms with van der Waals surface area (Å²) in [5.74, 6) is 2.51. The summed E-state index contributed by atoms with van der Waals surface area (Å²) in [7, 11) is 3.36. The van der Waals surface area contributed by atoms with E-state index in [-0.39, 0.29) is 30.5 Å². The minimum atomic E-state index is -0.195. The SMILES string of the molecule is COc1cc(CCC2CCN(C(=O)[C@H]3NCCO[C@@H]3C)CC2)cc(OC)c1.Cl. The van der Waals surface area contributed by atoms with Crippen LogP contribution in [-0.4, -0.2) is 63.4 Å². The molecule has 0 spiro atoms. The number of halogens is 1. The zero-order chi connectivity index (χ0) is 19.2. The summed E-state index contributed by atoms with van der Waals surface area (Å²) in [6.45, 7) is 5.10. The van der Waals surface area contributed by atoms with Gasteiger partial charge in [0.1, 0.15) is 17.5 Å². The fourth-order valence-corrected chi connectivity index (χ4v) is 4.03. The number of ether oxygens (including phenoxy) is 3. The molecule has 158 valence electrons. The normalized spacial score (nSPS) is 23.0. The molecule has 2 heterocycles. The third kappa shape index (κ3) is 5.75. The van der Waals surface area contributed by atoms with Gasteiger partial charge in [-0.15, -0.1) is 12.4 Å². The van der Waals surface area contributed by atoms with Crippen LogP contribution in [0.2, 0.25) is 0 Å². The van der Waals surface area contributed by atoms with Crippen LogP contribution in [-0.2, 0) is 16.0 Å². The number of benzene rings is 1. The number of morpholine rings is 1. The maximum atomic E-state index is 12.7. The van der Waals surface area contributed by atoms with E-state index in [1.807, 2.05) is 17.9 Å². The number of amides is 1. The fraction of sp³-hybridized carbons (Fsp3) is 0.667. The number of aryl methyl sites for hydroxylation is 1. The van der Waals surface area contributed by atoms with E-state index in [1.165, 1.54) is 5.56 Å². The molecule has 28 heavy (non-hydrogen) atoms. The molecule has 2 saturated heterocycles. The van der Waals surface area contributed by atoms with Crippen molar-refractivity contribution in [2.45, 2.75) is 44.8 Å². The van der Waals surface area contributed by atoms with Gasteiger partial charge in [0, 0.05) is 25.7 Å². The van der Waals surface area contributed by atoms with Crippen LogP contribution >= 0.6 is 12.4 Å². The van der Waals surface area contributed by atoms with Crippen molar-refractivity contribution in [1.29, 1.82) is 0 Å². The van der Waals surface area contributed by atoms with Gasteiger partial charge in [-0.1, -0.05) is 0 Å². The minimum Gasteiger partial charge on any atom is -0.497 e. The summed E-state index contributed by atoms with van der Waals surface area (Å²) < 4.78 is 16.3. The van der Waals surface area contributed by atoms with E-state index in [4.69, 9.17) is 14.2 Å². The van der Waals surface area contributed by atoms with Crippen molar-refractivity contribution in [3.63, 3.8) is 0 Å². The zero-order valence-electron chi connectivity index (χ0n) is 17.1. The maximum absolute atomic E-state index is 12.7. The second kappa shape index (κ2) is 10.9. The van der Waals surface area contributed by atoms with Crippen molar-refractivity contribution in [3.05, 3.63) is 23.8 Å². The van der Waals surface area contributed by atoms with Crippen molar-refractivity contribution in [2.75, 3.05) is 40.5 Å². The van der Waals surface area contributed by atoms with E-state index >= 15 is 0 Å². The second-order valence-corrected chi connectivity index (χ2v) is 7.54. The summed E-state index contributed by atoms with van der Waals surface area (Å²) >= 11 is 0. The molecule has 1 aromatic carbocycles. The molecule has 1 amide bonds. The number of nitrogens with zero attached hydrogens (tertiary/aromatic N) is 1. The Labute approximate surface area is 174 Å². The molecule has 1 N–H and O–H groups in total. The molecule has 0 aromatic heterocycles. The quantitative estimate of drug-likeness (QED) is 0.778. The van der Waals surface area contributed by atoms with Crippen LogP contribution in [0.15, 0.2) is 18.2 Å². The lowest BCUT2D eigenvalue weighted by Gasteiger charge is -2.37. The summed E-state index contributed by atoms with van der Waals surface area (Å²) in [6, 6.07) is 5.87. The topological polar surface area (TPSA) is 60.0 Å². The van der Waals surface area contributed by atoms with Gasteiger partial charge in [-0.05, 0) is 56.2 Å². The number of nitrogens with one attached hydrogen (secondary N) is 1. The summed E-state index contributed by atoms with van der Waals surface area (Å²) in [6.07, 6.45) is 4.21. The van der Waals surface area contributed by atoms with Crippen molar-refractivity contribution in [3.8, 4) is 11.5 Å². The van der Waals surface area contributed by atoms with Crippen LogP contribution in [0, 0.1) is 5.92 Å². The van der Waals surface area contributed by atoms with Crippen LogP contribution < -0.4 is 14.8 Å². The standard InChI is InChI=1S/C21H32N2O4.ClH/c1-15-20(22-8-11-27-15)21(24)23-9-6-16(7-10-23)4-5-17-12-18(25-2)14-19(13-17)26-3;/h12-16,20,22H,4-11H2,1-3H3;1H/t15-,20+;/m1./s1. The van der Waals surface area contributed by atoms with E-state index in [0.717, 1.165) is 56.8 Å². The highest BCUT2D eigenvalue weighted by Gasteiger charge is 2.33. The maximum Gasteiger partial charge on any atom is 0.242 e. The number of hydrogen-bond donors (Lipinski definition) is 1. The van der Waals surface area contributed by atoms with Gasteiger partial charge in [0.2, 0.25) is 5.91 Å². The molecule has 0 bridgehead atoms. The summed E-state index contributed by atoms with van der Waals surface area (Å²) in [4.78, 5) is 14.8. The average molecular weight is 413 g/mol. The molecule has 6 nitrogen and oxygen atoms in total. The highest BCUT2D eigenvalue weighted by molar-refractivity contribution is 5.85. The highest BCUT2D eigenvalue weighted by Crippen LogP contribution is 2.27. The first kappa shape index (κ1) is 22.8. The Morgan fingerprint density at radius 2 is 1.82 bits per heavy atom. The number of likely N-dealkylation sites (tertiary alicyclic amines) is 1. The molecule has 1 aromatic rings. The third-order valence-corrected chi connectivity index (χ3v) is 5.76. The van der Waals surface area contributed by atoms with E-state index in [0.29, 0.717) is 12.5 Å². The molecule has 2 aliphatic rings. The van der Waals surface area contributed by atoms with Crippen molar-refractivity contribution in [2.24, 2.45) is 5.92 Å². The number of carbonyl (C=O) groups excluding carboxylic acids is 1. The predicted octanol–water partition coefficient (Wildman–Crippen LogP) is 2.67. The summed E-state index contributed by atoms with van der Waals surface area (Å²) in [5.41, 5.74) is 1.24. The monoisotopic (exact) mass is 412 g/mol. The van der Waals surface area contributed by atoms with E-state index in [2.05, 4.69) is 17.4 Å². The number of piperidine rings is 1. The minimum absolute atomic E-state index is 0. The molecular formula is C21H33ClN2O4. The van der Waals surface area contributed by atoms with Crippen LogP contribution in [0.1, 0.15) is 31.7 Å². The molecule has 0 radical (unpaired) electrons. The van der Waals surface area contributed by atoms with Gasteiger partial charge >= 0.3 is 0 Å². The Hall–Kier alpha value is -1.50. The van der Waals surface area contributed by atoms with Gasteiger partial charge in [0.15, 0.2) is 0 Å². The van der Waals surface area contributed by atoms with Gasteiger partial charge in [-0.2, -0.15) is 0 Å². The average Bonchev–Trinajstić information content (AvgIpc) is 2.72. The Bertz CT molecular complexity index is 613. The Balaban J connectivity index is 0.00000280. The molecule has 7 heteroatoms. The molecule has 3 rings (SSSR count). The first-order chi connectivity index (χ1) is 13.1. The van der Waals surface area contributed by atoms with E-state index < -0.39 is 0 Å². The Morgan fingerprint density at radius 3 is 2.39 bits per heavy atom. The third-order valence-electron chi connectivity index (χ3n) is 5.76. The molecule has 2 atom stereocenters. The molecule has 2 fully saturated rings.